The molecule has 3 aromatic heterocycles. The number of ether oxygens (including phenoxy) is 1. The summed E-state index contributed by atoms with van der Waals surface area (Å²) in [5.74, 6) is -3.99. The molecule has 0 saturated carbocycles. The molecule has 2 amide bonds. The van der Waals surface area contributed by atoms with Gasteiger partial charge in [0, 0.05) is 30.6 Å². The minimum atomic E-state index is -2.82. The zero-order chi connectivity index (χ0) is 22.9. The van der Waals surface area contributed by atoms with Gasteiger partial charge >= 0.3 is 6.09 Å². The Morgan fingerprint density at radius 2 is 2.06 bits per heavy atom. The fourth-order valence-corrected chi connectivity index (χ4v) is 3.67. The van der Waals surface area contributed by atoms with Crippen LogP contribution < -0.4 is 5.32 Å². The molecule has 0 spiro atoms. The summed E-state index contributed by atoms with van der Waals surface area (Å²) in [4.78, 5) is 34.3. The van der Waals surface area contributed by atoms with E-state index in [1.807, 2.05) is 0 Å². The van der Waals surface area contributed by atoms with E-state index in [0.29, 0.717) is 28.0 Å². The van der Waals surface area contributed by atoms with Gasteiger partial charge in [0.05, 0.1) is 42.1 Å². The predicted octanol–water partition coefficient (Wildman–Crippen LogP) is 3.50. The summed E-state index contributed by atoms with van der Waals surface area (Å²) in [5, 5.41) is 7.49. The number of halogens is 2. The first-order valence-electron chi connectivity index (χ1n) is 10.2. The molecule has 0 radical (unpaired) electrons. The van der Waals surface area contributed by atoms with E-state index in [1.165, 1.54) is 22.0 Å². The van der Waals surface area contributed by atoms with Crippen molar-refractivity contribution in [3.05, 3.63) is 42.5 Å². The van der Waals surface area contributed by atoms with Crippen molar-refractivity contribution >= 4 is 28.7 Å². The number of hydrogen-bond acceptors (Lipinski definition) is 6. The third kappa shape index (κ3) is 4.36. The maximum atomic E-state index is 13.6. The number of carbonyl (C=O) groups excluding carboxylic acids is 2. The molecule has 1 fully saturated rings. The molecule has 1 N–H and O–H groups in total. The fraction of sp³-hybridized carbons (Fsp3) is 0.381. The summed E-state index contributed by atoms with van der Waals surface area (Å²) in [5.41, 5.74) is 1.77. The average Bonchev–Trinajstić information content (AvgIpc) is 3.40. The molecule has 1 atom stereocenters. The summed E-state index contributed by atoms with van der Waals surface area (Å²) in [6.45, 7) is 3.14. The third-order valence-electron chi connectivity index (χ3n) is 5.34. The molecular weight excluding hydrogens is 422 g/mol. The Labute approximate surface area is 182 Å². The second-order valence-electron chi connectivity index (χ2n) is 7.66. The van der Waals surface area contributed by atoms with Gasteiger partial charge in [0.25, 0.3) is 5.91 Å². The largest absolute Gasteiger partial charge is 0.450 e. The average molecular weight is 444 g/mol. The molecular formula is C21H22F2N6O3. The zero-order valence-electron chi connectivity index (χ0n) is 17.6. The van der Waals surface area contributed by atoms with Crippen molar-refractivity contribution in [2.75, 3.05) is 25.0 Å². The number of amides is 2. The highest BCUT2D eigenvalue weighted by Gasteiger charge is 2.40. The molecule has 0 bridgehead atoms. The van der Waals surface area contributed by atoms with Crippen molar-refractivity contribution in [1.29, 1.82) is 0 Å². The standard InChI is InChI=1S/C21H22F2N6O3/c1-3-32-20(31)27-16-7-17(11-24-10-16)29-18-13(9-26-29)6-14(8-25-18)19(30)28-5-4-15(12-28)21(2,22)23/h6-11,15H,3-5,12H2,1-2H3,(H,27,31)/t15-/m0/s1. The minimum Gasteiger partial charge on any atom is -0.450 e. The number of rotatable bonds is 5. The Balaban J connectivity index is 1.55. The first kappa shape index (κ1) is 21.6. The number of fused-ring (bicyclic) bond motifs is 1. The Morgan fingerprint density at radius 1 is 1.25 bits per heavy atom. The molecule has 9 nitrogen and oxygen atoms in total. The monoisotopic (exact) mass is 444 g/mol. The lowest BCUT2D eigenvalue weighted by molar-refractivity contribution is -0.0343. The minimum absolute atomic E-state index is 0.0194. The summed E-state index contributed by atoms with van der Waals surface area (Å²) in [6.07, 6.45) is 5.67. The Hall–Kier alpha value is -3.63. The molecule has 0 aliphatic carbocycles. The van der Waals surface area contributed by atoms with Crippen LogP contribution in [-0.4, -0.2) is 62.3 Å². The Kier molecular flexibility index (Phi) is 5.72. The van der Waals surface area contributed by atoms with Crippen molar-refractivity contribution in [2.24, 2.45) is 5.92 Å². The second-order valence-corrected chi connectivity index (χ2v) is 7.66. The maximum Gasteiger partial charge on any atom is 0.411 e. The first-order chi connectivity index (χ1) is 15.3. The summed E-state index contributed by atoms with van der Waals surface area (Å²) < 4.78 is 33.5. The van der Waals surface area contributed by atoms with Gasteiger partial charge < -0.3 is 9.64 Å². The molecule has 3 aromatic rings. The molecule has 0 aromatic carbocycles. The van der Waals surface area contributed by atoms with Crippen LogP contribution in [0.5, 0.6) is 0 Å². The van der Waals surface area contributed by atoms with Crippen LogP contribution in [0.15, 0.2) is 36.9 Å². The molecule has 32 heavy (non-hydrogen) atoms. The van der Waals surface area contributed by atoms with Crippen LogP contribution in [0.1, 0.15) is 30.6 Å². The first-order valence-corrected chi connectivity index (χ1v) is 10.2. The van der Waals surface area contributed by atoms with Crippen molar-refractivity contribution in [3.8, 4) is 5.69 Å². The van der Waals surface area contributed by atoms with Crippen LogP contribution in [0.3, 0.4) is 0 Å². The second kappa shape index (κ2) is 8.48. The van der Waals surface area contributed by atoms with E-state index >= 15 is 0 Å². The summed E-state index contributed by atoms with van der Waals surface area (Å²) in [7, 11) is 0. The topological polar surface area (TPSA) is 102 Å². The van der Waals surface area contributed by atoms with E-state index in [9.17, 15) is 18.4 Å². The normalized spacial score (nSPS) is 16.4. The predicted molar refractivity (Wildman–Crippen MR) is 112 cm³/mol. The fourth-order valence-electron chi connectivity index (χ4n) is 3.67. The Bertz CT molecular complexity index is 1160. The number of anilines is 1. The van der Waals surface area contributed by atoms with Gasteiger partial charge in [-0.25, -0.2) is 23.2 Å². The lowest BCUT2D eigenvalue weighted by Gasteiger charge is -2.20. The van der Waals surface area contributed by atoms with E-state index in [-0.39, 0.29) is 32.0 Å². The molecule has 168 valence electrons. The number of nitrogens with zero attached hydrogens (tertiary/aromatic N) is 5. The molecule has 4 rings (SSSR count). The van der Waals surface area contributed by atoms with Crippen molar-refractivity contribution in [2.45, 2.75) is 26.2 Å². The van der Waals surface area contributed by atoms with Crippen LogP contribution in [0.4, 0.5) is 19.3 Å². The van der Waals surface area contributed by atoms with Gasteiger partial charge in [-0.05, 0) is 32.4 Å². The van der Waals surface area contributed by atoms with E-state index in [2.05, 4.69) is 20.4 Å². The van der Waals surface area contributed by atoms with Gasteiger partial charge in [-0.3, -0.25) is 15.1 Å². The number of nitrogens with one attached hydrogen (secondary N) is 1. The Morgan fingerprint density at radius 3 is 2.78 bits per heavy atom. The molecule has 1 aliphatic heterocycles. The van der Waals surface area contributed by atoms with E-state index in [0.717, 1.165) is 6.92 Å². The van der Waals surface area contributed by atoms with Crippen molar-refractivity contribution in [3.63, 3.8) is 0 Å². The highest BCUT2D eigenvalue weighted by Crippen LogP contribution is 2.32. The lowest BCUT2D eigenvalue weighted by atomic mass is 10.0. The smallest absolute Gasteiger partial charge is 0.411 e. The van der Waals surface area contributed by atoms with Crippen molar-refractivity contribution < 1.29 is 23.1 Å². The van der Waals surface area contributed by atoms with Crippen molar-refractivity contribution in [1.82, 2.24) is 24.6 Å². The number of carbonyl (C=O) groups is 2. The van der Waals surface area contributed by atoms with Gasteiger partial charge in [-0.15, -0.1) is 0 Å². The van der Waals surface area contributed by atoms with Gasteiger partial charge in [0.2, 0.25) is 5.92 Å². The van der Waals surface area contributed by atoms with Gasteiger partial charge in [-0.2, -0.15) is 5.10 Å². The van der Waals surface area contributed by atoms with Gasteiger partial charge in [0.1, 0.15) is 0 Å². The zero-order valence-corrected chi connectivity index (χ0v) is 17.6. The third-order valence-corrected chi connectivity index (χ3v) is 5.34. The molecule has 11 heteroatoms. The molecule has 0 unspecified atom stereocenters. The maximum absolute atomic E-state index is 13.6. The van der Waals surface area contributed by atoms with Crippen LogP contribution >= 0.6 is 0 Å². The van der Waals surface area contributed by atoms with E-state index in [1.54, 1.807) is 31.5 Å². The lowest BCUT2D eigenvalue weighted by Crippen LogP contribution is -2.32. The highest BCUT2D eigenvalue weighted by atomic mass is 19.3. The number of alkyl halides is 2. The molecule has 1 aliphatic rings. The number of hydrogen-bond donors (Lipinski definition) is 1. The van der Waals surface area contributed by atoms with Crippen LogP contribution in [0.25, 0.3) is 16.7 Å². The quantitative estimate of drug-likeness (QED) is 0.646. The number of likely N-dealkylation sites (tertiary alicyclic amines) is 1. The molecule has 1 saturated heterocycles. The highest BCUT2D eigenvalue weighted by molar-refractivity contribution is 5.97. The van der Waals surface area contributed by atoms with Gasteiger partial charge in [-0.1, -0.05) is 0 Å². The SMILES string of the molecule is CCOC(=O)Nc1cncc(-n2ncc3cc(C(=O)N4CC[C@H](C(C)(F)F)C4)cnc32)c1. The van der Waals surface area contributed by atoms with Gasteiger partial charge in [0.15, 0.2) is 5.65 Å². The van der Waals surface area contributed by atoms with E-state index in [4.69, 9.17) is 4.74 Å². The molecule has 4 heterocycles. The van der Waals surface area contributed by atoms with Crippen LogP contribution in [0.2, 0.25) is 0 Å². The van der Waals surface area contributed by atoms with E-state index < -0.39 is 17.9 Å². The number of pyridine rings is 2. The summed E-state index contributed by atoms with van der Waals surface area (Å²) in [6, 6.07) is 3.30. The van der Waals surface area contributed by atoms with Crippen LogP contribution in [-0.2, 0) is 4.74 Å². The van der Waals surface area contributed by atoms with Crippen LogP contribution in [0, 0.1) is 5.92 Å². The number of aromatic nitrogens is 4. The summed E-state index contributed by atoms with van der Waals surface area (Å²) >= 11 is 0.